The maximum absolute atomic E-state index is 12.5. The van der Waals surface area contributed by atoms with Crippen molar-refractivity contribution in [2.45, 2.75) is 19.0 Å². The summed E-state index contributed by atoms with van der Waals surface area (Å²) in [6.45, 7) is 1.80. The molecule has 0 saturated heterocycles. The van der Waals surface area contributed by atoms with Crippen molar-refractivity contribution >= 4 is 5.91 Å². The molecule has 3 rings (SSSR count). The second kappa shape index (κ2) is 6.01. The second-order valence-electron chi connectivity index (χ2n) is 4.98. The number of rotatable bonds is 4. The first-order valence-electron chi connectivity index (χ1n) is 6.86. The van der Waals surface area contributed by atoms with Crippen LogP contribution in [-0.2, 0) is 11.3 Å². The Morgan fingerprint density at radius 2 is 2.33 bits per heavy atom. The molecular formula is C14H17N5O2. The van der Waals surface area contributed by atoms with E-state index in [0.717, 1.165) is 12.1 Å². The van der Waals surface area contributed by atoms with Crippen LogP contribution in [0.25, 0.3) is 0 Å². The fourth-order valence-corrected chi connectivity index (χ4v) is 2.59. The number of carbonyl (C=O) groups is 1. The zero-order valence-electron chi connectivity index (χ0n) is 11.8. The smallest absolute Gasteiger partial charge is 0.272 e. The highest BCUT2D eigenvalue weighted by atomic mass is 16.5. The van der Waals surface area contributed by atoms with E-state index in [4.69, 9.17) is 4.74 Å². The van der Waals surface area contributed by atoms with Gasteiger partial charge in [-0.3, -0.25) is 9.48 Å². The summed E-state index contributed by atoms with van der Waals surface area (Å²) in [5.41, 5.74) is 1.45. The molecule has 0 N–H and O–H groups in total. The molecule has 7 heteroatoms. The third-order valence-electron chi connectivity index (χ3n) is 3.63. The Morgan fingerprint density at radius 1 is 1.43 bits per heavy atom. The van der Waals surface area contributed by atoms with Gasteiger partial charge in [-0.2, -0.15) is 5.10 Å². The lowest BCUT2D eigenvalue weighted by molar-refractivity contribution is 0.0635. The Hall–Kier alpha value is -2.28. The summed E-state index contributed by atoms with van der Waals surface area (Å²) < 4.78 is 7.14. The lowest BCUT2D eigenvalue weighted by Gasteiger charge is -2.33. The summed E-state index contributed by atoms with van der Waals surface area (Å²) in [6, 6.07) is 3.71. The highest BCUT2D eigenvalue weighted by Crippen LogP contribution is 2.23. The Labute approximate surface area is 122 Å². The maximum atomic E-state index is 12.5. The topological polar surface area (TPSA) is 73.1 Å². The molecule has 0 aliphatic carbocycles. The number of hydrogen-bond donors (Lipinski definition) is 0. The van der Waals surface area contributed by atoms with Crippen LogP contribution in [0.1, 0.15) is 28.6 Å². The van der Waals surface area contributed by atoms with E-state index in [9.17, 15) is 4.79 Å². The van der Waals surface area contributed by atoms with Gasteiger partial charge in [-0.15, -0.1) is 0 Å². The van der Waals surface area contributed by atoms with Gasteiger partial charge in [0.2, 0.25) is 0 Å². The van der Waals surface area contributed by atoms with Gasteiger partial charge >= 0.3 is 0 Å². The van der Waals surface area contributed by atoms with Crippen LogP contribution in [0.5, 0.6) is 0 Å². The molecule has 0 spiro atoms. The van der Waals surface area contributed by atoms with Gasteiger partial charge in [0.05, 0.1) is 18.3 Å². The van der Waals surface area contributed by atoms with Crippen LogP contribution in [0, 0.1) is 0 Å². The first kappa shape index (κ1) is 13.7. The van der Waals surface area contributed by atoms with Crippen LogP contribution in [-0.4, -0.2) is 50.8 Å². The van der Waals surface area contributed by atoms with Crippen molar-refractivity contribution in [3.05, 3.63) is 42.2 Å². The normalized spacial score (nSPS) is 17.6. The SMILES string of the molecule is COCC[C@@H]1CN(C(=O)c2ccncn2)Cc2ccnn21. The molecule has 0 bridgehead atoms. The number of carbonyl (C=O) groups excluding carboxylic acids is 1. The molecule has 21 heavy (non-hydrogen) atoms. The first-order chi connectivity index (χ1) is 10.3. The minimum atomic E-state index is -0.0766. The number of ether oxygens (including phenoxy) is 1. The number of fused-ring (bicyclic) bond motifs is 1. The second-order valence-corrected chi connectivity index (χ2v) is 4.98. The first-order valence-corrected chi connectivity index (χ1v) is 6.86. The monoisotopic (exact) mass is 287 g/mol. The summed E-state index contributed by atoms with van der Waals surface area (Å²) in [5.74, 6) is -0.0766. The molecule has 110 valence electrons. The van der Waals surface area contributed by atoms with Crippen LogP contribution < -0.4 is 0 Å². The van der Waals surface area contributed by atoms with Gasteiger partial charge in [-0.05, 0) is 18.6 Å². The predicted octanol–water partition coefficient (Wildman–Crippen LogP) is 0.907. The Bertz CT molecular complexity index is 613. The third-order valence-corrected chi connectivity index (χ3v) is 3.63. The highest BCUT2D eigenvalue weighted by Gasteiger charge is 2.29. The molecule has 0 unspecified atom stereocenters. The molecular weight excluding hydrogens is 270 g/mol. The van der Waals surface area contributed by atoms with Gasteiger partial charge in [0, 0.05) is 32.7 Å². The van der Waals surface area contributed by atoms with Crippen LogP contribution in [0.2, 0.25) is 0 Å². The van der Waals surface area contributed by atoms with E-state index < -0.39 is 0 Å². The predicted molar refractivity (Wildman–Crippen MR) is 74.5 cm³/mol. The van der Waals surface area contributed by atoms with Crippen molar-refractivity contribution in [1.82, 2.24) is 24.6 Å². The Kier molecular flexibility index (Phi) is 3.92. The number of methoxy groups -OCH3 is 1. The molecule has 2 aromatic rings. The van der Waals surface area contributed by atoms with Crippen LogP contribution >= 0.6 is 0 Å². The Morgan fingerprint density at radius 3 is 3.10 bits per heavy atom. The van der Waals surface area contributed by atoms with E-state index in [0.29, 0.717) is 25.4 Å². The van der Waals surface area contributed by atoms with E-state index >= 15 is 0 Å². The van der Waals surface area contributed by atoms with E-state index in [1.54, 1.807) is 30.5 Å². The molecule has 3 heterocycles. The molecule has 1 aliphatic heterocycles. The number of aromatic nitrogens is 4. The van der Waals surface area contributed by atoms with Crippen LogP contribution in [0.3, 0.4) is 0 Å². The molecule has 2 aromatic heterocycles. The number of nitrogens with zero attached hydrogens (tertiary/aromatic N) is 5. The van der Waals surface area contributed by atoms with E-state index in [1.165, 1.54) is 6.33 Å². The molecule has 1 aliphatic rings. The summed E-state index contributed by atoms with van der Waals surface area (Å²) in [5, 5.41) is 4.36. The molecule has 0 radical (unpaired) electrons. The van der Waals surface area contributed by atoms with E-state index in [2.05, 4.69) is 15.1 Å². The highest BCUT2D eigenvalue weighted by molar-refractivity contribution is 5.92. The quantitative estimate of drug-likeness (QED) is 0.835. The number of hydrogen-bond acceptors (Lipinski definition) is 5. The van der Waals surface area contributed by atoms with Crippen molar-refractivity contribution in [2.75, 3.05) is 20.3 Å². The average Bonchev–Trinajstić information content (AvgIpc) is 3.01. The molecule has 0 saturated carbocycles. The van der Waals surface area contributed by atoms with Gasteiger partial charge in [0.15, 0.2) is 0 Å². The zero-order chi connectivity index (χ0) is 14.7. The minimum absolute atomic E-state index is 0.0766. The molecule has 0 fully saturated rings. The summed E-state index contributed by atoms with van der Waals surface area (Å²) in [7, 11) is 1.68. The average molecular weight is 287 g/mol. The molecule has 0 aromatic carbocycles. The van der Waals surface area contributed by atoms with E-state index in [1.807, 2.05) is 10.7 Å². The lowest BCUT2D eigenvalue weighted by atomic mass is 10.1. The summed E-state index contributed by atoms with van der Waals surface area (Å²) >= 11 is 0. The standard InChI is InChI=1S/C14H17N5O2/c1-21-7-4-12-9-18(8-11-2-6-17-19(11)12)14(20)13-3-5-15-10-16-13/h2-3,5-6,10,12H,4,7-9H2,1H3/t12-/m1/s1. The fraction of sp³-hybridized carbons (Fsp3) is 0.429. The number of amides is 1. The van der Waals surface area contributed by atoms with Gasteiger partial charge in [-0.25, -0.2) is 9.97 Å². The van der Waals surface area contributed by atoms with Crippen molar-refractivity contribution in [3.63, 3.8) is 0 Å². The van der Waals surface area contributed by atoms with Crippen molar-refractivity contribution in [1.29, 1.82) is 0 Å². The van der Waals surface area contributed by atoms with Gasteiger partial charge in [0.1, 0.15) is 12.0 Å². The van der Waals surface area contributed by atoms with Gasteiger partial charge in [-0.1, -0.05) is 0 Å². The Balaban J connectivity index is 1.81. The lowest BCUT2D eigenvalue weighted by Crippen LogP contribution is -2.41. The molecule has 1 atom stereocenters. The molecule has 7 nitrogen and oxygen atoms in total. The van der Waals surface area contributed by atoms with Crippen molar-refractivity contribution in [2.24, 2.45) is 0 Å². The molecule has 1 amide bonds. The summed E-state index contributed by atoms with van der Waals surface area (Å²) in [4.78, 5) is 22.2. The van der Waals surface area contributed by atoms with E-state index in [-0.39, 0.29) is 11.9 Å². The van der Waals surface area contributed by atoms with Gasteiger partial charge < -0.3 is 9.64 Å². The fourth-order valence-electron chi connectivity index (χ4n) is 2.59. The zero-order valence-corrected chi connectivity index (χ0v) is 11.8. The van der Waals surface area contributed by atoms with Crippen LogP contribution in [0.15, 0.2) is 30.9 Å². The van der Waals surface area contributed by atoms with Crippen molar-refractivity contribution < 1.29 is 9.53 Å². The largest absolute Gasteiger partial charge is 0.385 e. The third kappa shape index (κ3) is 2.78. The minimum Gasteiger partial charge on any atom is -0.385 e. The van der Waals surface area contributed by atoms with Crippen molar-refractivity contribution in [3.8, 4) is 0 Å². The summed E-state index contributed by atoms with van der Waals surface area (Å²) in [6.07, 6.45) is 5.56. The van der Waals surface area contributed by atoms with Gasteiger partial charge in [0.25, 0.3) is 5.91 Å². The maximum Gasteiger partial charge on any atom is 0.272 e. The van der Waals surface area contributed by atoms with Crippen LogP contribution in [0.4, 0.5) is 0 Å².